The Morgan fingerprint density at radius 1 is 0.871 bits per heavy atom. The Morgan fingerprint density at radius 2 is 1.61 bits per heavy atom. The standard InChI is InChI=1S/C24H19N5O.Pt/c1-18-25-24(26-29(18)22-12-5-6-13-23(22)30)19-8-7-11-21(16-19)28-15-14-27(17-28)20-9-3-2-4-10-20;/h2-15,17,30H,1H3;/q-2;+2. The van der Waals surface area contributed by atoms with Crippen molar-refractivity contribution in [3.05, 3.63) is 104 Å². The molecule has 0 saturated carbocycles. The summed E-state index contributed by atoms with van der Waals surface area (Å²) in [5.41, 5.74) is 3.36. The normalized spacial score (nSPS) is 12.8. The molecule has 4 aromatic rings. The number of aryl methyl sites for hydroxylation is 1. The summed E-state index contributed by atoms with van der Waals surface area (Å²) in [6.07, 6.45) is 3.99. The van der Waals surface area contributed by atoms with Crippen LogP contribution in [0.25, 0.3) is 17.1 Å². The van der Waals surface area contributed by atoms with Gasteiger partial charge in [-0.25, -0.2) is 4.68 Å². The zero-order valence-electron chi connectivity index (χ0n) is 16.7. The number of hydrogen-bond donors (Lipinski definition) is 1. The number of phenols is 1. The van der Waals surface area contributed by atoms with Crippen LogP contribution in [-0.4, -0.2) is 19.9 Å². The molecule has 156 valence electrons. The molecule has 6 nitrogen and oxygen atoms in total. The van der Waals surface area contributed by atoms with Crippen molar-refractivity contribution in [2.75, 3.05) is 9.80 Å². The number of aromatic hydroxyl groups is 1. The SMILES string of the molecule is Cc1nc(-c2[c-]c(N3C=CN(c4ccccc4)[CH-]3)ccc2)nn1-c1ccccc1O.[Pt+2]. The Bertz CT molecular complexity index is 1220. The first-order valence-corrected chi connectivity index (χ1v) is 9.59. The van der Waals surface area contributed by atoms with E-state index >= 15 is 0 Å². The molecule has 3 aromatic carbocycles. The summed E-state index contributed by atoms with van der Waals surface area (Å²) >= 11 is 0. The van der Waals surface area contributed by atoms with Crippen molar-refractivity contribution in [3.8, 4) is 22.8 Å². The van der Waals surface area contributed by atoms with Crippen LogP contribution in [0.15, 0.2) is 85.2 Å². The minimum atomic E-state index is 0. The number of aromatic nitrogens is 3. The van der Waals surface area contributed by atoms with Gasteiger partial charge in [-0.2, -0.15) is 5.10 Å². The van der Waals surface area contributed by atoms with Gasteiger partial charge < -0.3 is 14.9 Å². The molecule has 0 spiro atoms. The maximum atomic E-state index is 10.2. The fraction of sp³-hybridized carbons (Fsp3) is 0.0417. The summed E-state index contributed by atoms with van der Waals surface area (Å²) < 4.78 is 1.64. The van der Waals surface area contributed by atoms with Gasteiger partial charge in [0, 0.05) is 5.69 Å². The molecule has 0 saturated heterocycles. The molecular weight excluding hydrogens is 569 g/mol. The molecule has 31 heavy (non-hydrogen) atoms. The molecule has 0 unspecified atom stereocenters. The second-order valence-electron chi connectivity index (χ2n) is 6.90. The Labute approximate surface area is 195 Å². The van der Waals surface area contributed by atoms with E-state index in [1.807, 2.05) is 79.4 Å². The molecule has 0 fully saturated rings. The second kappa shape index (κ2) is 8.78. The number of nitrogens with zero attached hydrogens (tertiary/aromatic N) is 5. The molecule has 1 aliphatic heterocycles. The molecule has 0 aliphatic carbocycles. The largest absolute Gasteiger partial charge is 2.00 e. The molecule has 7 heteroatoms. The smallest absolute Gasteiger partial charge is 0.506 e. The first-order chi connectivity index (χ1) is 14.7. The average Bonchev–Trinajstić information content (AvgIpc) is 3.42. The molecule has 0 radical (unpaired) electrons. The van der Waals surface area contributed by atoms with Crippen molar-refractivity contribution in [3.63, 3.8) is 0 Å². The molecular formula is C24H19N5OPt. The topological polar surface area (TPSA) is 57.4 Å². The van der Waals surface area contributed by atoms with Crippen LogP contribution in [0, 0.1) is 19.7 Å². The molecule has 1 aliphatic rings. The average molecular weight is 589 g/mol. The van der Waals surface area contributed by atoms with Crippen molar-refractivity contribution in [1.82, 2.24) is 14.8 Å². The van der Waals surface area contributed by atoms with E-state index in [1.165, 1.54) is 0 Å². The Kier molecular flexibility index (Phi) is 5.92. The summed E-state index contributed by atoms with van der Waals surface area (Å²) in [7, 11) is 0. The van der Waals surface area contributed by atoms with E-state index in [1.54, 1.807) is 16.8 Å². The first-order valence-electron chi connectivity index (χ1n) is 9.59. The van der Waals surface area contributed by atoms with E-state index < -0.39 is 0 Å². The number of phenolic OH excluding ortho intramolecular Hbond substituents is 1. The van der Waals surface area contributed by atoms with Gasteiger partial charge in [-0.05, 0) is 43.6 Å². The first kappa shape index (κ1) is 20.9. The Morgan fingerprint density at radius 3 is 2.42 bits per heavy atom. The van der Waals surface area contributed by atoms with Gasteiger partial charge in [0.15, 0.2) is 0 Å². The summed E-state index contributed by atoms with van der Waals surface area (Å²) in [4.78, 5) is 8.64. The van der Waals surface area contributed by atoms with Crippen LogP contribution in [-0.2, 0) is 21.1 Å². The third-order valence-corrected chi connectivity index (χ3v) is 4.87. The Balaban J connectivity index is 0.00000231. The second-order valence-corrected chi connectivity index (χ2v) is 6.90. The van der Waals surface area contributed by atoms with Crippen molar-refractivity contribution >= 4 is 11.4 Å². The summed E-state index contributed by atoms with van der Waals surface area (Å²) in [5, 5.41) is 14.8. The van der Waals surface area contributed by atoms with Gasteiger partial charge in [0.05, 0.1) is 5.82 Å². The third-order valence-electron chi connectivity index (χ3n) is 4.87. The third kappa shape index (κ3) is 4.12. The van der Waals surface area contributed by atoms with Crippen molar-refractivity contribution in [1.29, 1.82) is 0 Å². The van der Waals surface area contributed by atoms with Crippen molar-refractivity contribution in [2.45, 2.75) is 6.92 Å². The summed E-state index contributed by atoms with van der Waals surface area (Å²) in [6.45, 7) is 3.87. The van der Waals surface area contributed by atoms with Crippen LogP contribution < -0.4 is 9.80 Å². The van der Waals surface area contributed by atoms with E-state index in [0.29, 0.717) is 17.3 Å². The monoisotopic (exact) mass is 588 g/mol. The van der Waals surface area contributed by atoms with Crippen LogP contribution in [0.5, 0.6) is 5.75 Å². The van der Waals surface area contributed by atoms with Gasteiger partial charge in [-0.3, -0.25) is 4.98 Å². The van der Waals surface area contributed by atoms with Gasteiger partial charge >= 0.3 is 21.1 Å². The van der Waals surface area contributed by atoms with Gasteiger partial charge in [-0.15, -0.1) is 36.5 Å². The number of hydrogen-bond acceptors (Lipinski definition) is 5. The van der Waals surface area contributed by atoms with Gasteiger partial charge in [0.2, 0.25) is 0 Å². The van der Waals surface area contributed by atoms with Crippen molar-refractivity contribution < 1.29 is 26.2 Å². The van der Waals surface area contributed by atoms with Gasteiger partial charge in [-0.1, -0.05) is 36.0 Å². The number of benzene rings is 3. The van der Waals surface area contributed by atoms with E-state index in [-0.39, 0.29) is 26.8 Å². The number of anilines is 2. The van der Waals surface area contributed by atoms with Crippen molar-refractivity contribution in [2.24, 2.45) is 0 Å². The van der Waals surface area contributed by atoms with Gasteiger partial charge in [0.25, 0.3) is 0 Å². The molecule has 0 bridgehead atoms. The van der Waals surface area contributed by atoms with Gasteiger partial charge in [0.1, 0.15) is 17.3 Å². The predicted octanol–water partition coefficient (Wildman–Crippen LogP) is 4.66. The van der Waals surface area contributed by atoms with Crippen LogP contribution in [0.1, 0.15) is 5.82 Å². The fourth-order valence-corrected chi connectivity index (χ4v) is 3.36. The van der Waals surface area contributed by atoms with Crippen LogP contribution in [0.2, 0.25) is 0 Å². The molecule has 2 heterocycles. The molecule has 0 atom stereocenters. The minimum Gasteiger partial charge on any atom is -0.506 e. The van der Waals surface area contributed by atoms with Crippen LogP contribution in [0.4, 0.5) is 11.4 Å². The Hall–Kier alpha value is -3.37. The minimum absolute atomic E-state index is 0. The maximum absolute atomic E-state index is 10.2. The summed E-state index contributed by atoms with van der Waals surface area (Å²) in [5.74, 6) is 1.40. The quantitative estimate of drug-likeness (QED) is 0.352. The number of rotatable bonds is 4. The zero-order chi connectivity index (χ0) is 20.5. The molecule has 5 rings (SSSR count). The molecule has 0 amide bonds. The number of para-hydroxylation sites is 3. The molecule has 1 aromatic heterocycles. The van der Waals surface area contributed by atoms with Crippen LogP contribution >= 0.6 is 0 Å². The van der Waals surface area contributed by atoms with E-state index in [2.05, 4.69) is 33.2 Å². The van der Waals surface area contributed by atoms with E-state index in [9.17, 15) is 5.11 Å². The fourth-order valence-electron chi connectivity index (χ4n) is 3.36. The molecule has 1 N–H and O–H groups in total. The van der Waals surface area contributed by atoms with Crippen LogP contribution in [0.3, 0.4) is 0 Å². The maximum Gasteiger partial charge on any atom is 2.00 e. The summed E-state index contributed by atoms with van der Waals surface area (Å²) in [6, 6.07) is 26.5. The zero-order valence-corrected chi connectivity index (χ0v) is 18.9. The van der Waals surface area contributed by atoms with E-state index in [0.717, 1.165) is 16.9 Å². The predicted molar refractivity (Wildman–Crippen MR) is 117 cm³/mol. The van der Waals surface area contributed by atoms with E-state index in [4.69, 9.17) is 0 Å².